The highest BCUT2D eigenvalue weighted by Gasteiger charge is 2.22. The Morgan fingerprint density at radius 3 is 2.46 bits per heavy atom. The van der Waals surface area contributed by atoms with Gasteiger partial charge in [-0.1, -0.05) is 18.2 Å². The summed E-state index contributed by atoms with van der Waals surface area (Å²) in [5, 5.41) is 11.2. The van der Waals surface area contributed by atoms with Crippen molar-refractivity contribution in [1.82, 2.24) is 25.1 Å². The van der Waals surface area contributed by atoms with Crippen molar-refractivity contribution in [3.8, 4) is 5.69 Å². The molecule has 0 radical (unpaired) electrons. The van der Waals surface area contributed by atoms with Crippen molar-refractivity contribution in [1.29, 1.82) is 0 Å². The molecular formula is C27H29N7O. The first-order valence-electron chi connectivity index (χ1n) is 11.9. The van der Waals surface area contributed by atoms with E-state index in [2.05, 4.69) is 68.0 Å². The van der Waals surface area contributed by atoms with Crippen LogP contribution >= 0.6 is 0 Å². The van der Waals surface area contributed by atoms with Crippen molar-refractivity contribution >= 4 is 17.3 Å². The van der Waals surface area contributed by atoms with Crippen molar-refractivity contribution in [3.63, 3.8) is 0 Å². The van der Waals surface area contributed by atoms with Crippen LogP contribution < -0.4 is 15.5 Å². The fourth-order valence-corrected chi connectivity index (χ4v) is 4.40. The second-order valence-electron chi connectivity index (χ2n) is 8.80. The number of nitrogens with zero attached hydrogens (tertiary/aromatic N) is 5. The third-order valence-corrected chi connectivity index (χ3v) is 6.39. The molecule has 1 fully saturated rings. The van der Waals surface area contributed by atoms with Gasteiger partial charge in [-0.25, -0.2) is 9.67 Å². The van der Waals surface area contributed by atoms with E-state index in [9.17, 15) is 4.79 Å². The smallest absolute Gasteiger partial charge is 0.275 e. The molecule has 0 unspecified atom stereocenters. The molecule has 2 aromatic carbocycles. The van der Waals surface area contributed by atoms with E-state index in [1.165, 1.54) is 18.0 Å². The Labute approximate surface area is 205 Å². The molecule has 178 valence electrons. The van der Waals surface area contributed by atoms with E-state index in [4.69, 9.17) is 0 Å². The minimum absolute atomic E-state index is 0.237. The molecule has 1 aliphatic rings. The van der Waals surface area contributed by atoms with Crippen LogP contribution in [-0.2, 0) is 0 Å². The van der Waals surface area contributed by atoms with Gasteiger partial charge in [-0.05, 0) is 56.2 Å². The summed E-state index contributed by atoms with van der Waals surface area (Å²) in [6.07, 6.45) is 10.7. The van der Waals surface area contributed by atoms with Crippen LogP contribution in [0.2, 0.25) is 0 Å². The number of para-hydroxylation sites is 1. The molecule has 0 bridgehead atoms. The summed E-state index contributed by atoms with van der Waals surface area (Å²) in [6.45, 7) is 4.17. The molecule has 1 amide bonds. The molecule has 0 spiro atoms. The van der Waals surface area contributed by atoms with Gasteiger partial charge in [-0.2, -0.15) is 5.10 Å². The molecule has 8 nitrogen and oxygen atoms in total. The van der Waals surface area contributed by atoms with Gasteiger partial charge in [0.15, 0.2) is 0 Å². The fraction of sp³-hybridized carbons (Fsp3) is 0.259. The predicted molar refractivity (Wildman–Crippen MR) is 137 cm³/mol. The number of carbonyl (C=O) groups excluding carboxylic acids is 1. The summed E-state index contributed by atoms with van der Waals surface area (Å²) in [4.78, 5) is 22.6. The zero-order valence-corrected chi connectivity index (χ0v) is 19.7. The molecule has 1 saturated heterocycles. The highest BCUT2D eigenvalue weighted by Crippen LogP contribution is 2.24. The number of nitrogens with one attached hydrogen (secondary N) is 2. The number of hydrogen-bond donors (Lipinski definition) is 2. The number of benzene rings is 2. The standard InChI is InChI=1S/C27H29N7O/c1-20(21-17-30-34(19-21)25-5-3-2-4-6-25)31-23-11-15-33(16-12-23)24-9-7-22(8-10-24)32-27(35)26-18-28-13-14-29-26/h2-10,13-14,17-20,23,31H,11-12,15-16H2,1H3,(H,32,35)/t20-/m1/s1. The van der Waals surface area contributed by atoms with Gasteiger partial charge in [0.1, 0.15) is 5.69 Å². The molecule has 35 heavy (non-hydrogen) atoms. The predicted octanol–water partition coefficient (Wildman–Crippen LogP) is 4.23. The van der Waals surface area contributed by atoms with Gasteiger partial charge in [0.25, 0.3) is 5.91 Å². The van der Waals surface area contributed by atoms with Crippen molar-refractivity contribution in [3.05, 3.63) is 96.8 Å². The lowest BCUT2D eigenvalue weighted by Gasteiger charge is -2.35. The number of anilines is 2. The van der Waals surface area contributed by atoms with Crippen molar-refractivity contribution in [2.24, 2.45) is 0 Å². The quantitative estimate of drug-likeness (QED) is 0.423. The Kier molecular flexibility index (Phi) is 6.81. The maximum atomic E-state index is 12.3. The van der Waals surface area contributed by atoms with Crippen molar-refractivity contribution in [2.45, 2.75) is 31.8 Å². The Morgan fingerprint density at radius 1 is 0.971 bits per heavy atom. The monoisotopic (exact) mass is 467 g/mol. The van der Waals surface area contributed by atoms with Gasteiger partial charge < -0.3 is 15.5 Å². The molecular weight excluding hydrogens is 438 g/mol. The highest BCUT2D eigenvalue weighted by molar-refractivity contribution is 6.02. The highest BCUT2D eigenvalue weighted by atomic mass is 16.1. The van der Waals surface area contributed by atoms with Gasteiger partial charge in [0.2, 0.25) is 0 Å². The average molecular weight is 468 g/mol. The van der Waals surface area contributed by atoms with Crippen LogP contribution in [0.25, 0.3) is 5.69 Å². The number of aromatic nitrogens is 4. The molecule has 1 atom stereocenters. The Hall–Kier alpha value is -4.04. The minimum Gasteiger partial charge on any atom is -0.371 e. The molecule has 4 aromatic rings. The number of piperidine rings is 1. The van der Waals surface area contributed by atoms with E-state index in [0.717, 1.165) is 43.0 Å². The summed E-state index contributed by atoms with van der Waals surface area (Å²) in [6, 6.07) is 18.9. The van der Waals surface area contributed by atoms with Gasteiger partial charge in [-0.15, -0.1) is 0 Å². The maximum Gasteiger partial charge on any atom is 0.275 e. The summed E-state index contributed by atoms with van der Waals surface area (Å²) in [7, 11) is 0. The van der Waals surface area contributed by atoms with E-state index in [-0.39, 0.29) is 11.9 Å². The zero-order valence-electron chi connectivity index (χ0n) is 19.7. The molecule has 5 rings (SSSR count). The van der Waals surface area contributed by atoms with Gasteiger partial charge in [-0.3, -0.25) is 9.78 Å². The lowest BCUT2D eigenvalue weighted by atomic mass is 10.0. The van der Waals surface area contributed by atoms with Crippen molar-refractivity contribution in [2.75, 3.05) is 23.3 Å². The van der Waals surface area contributed by atoms with Crippen LogP contribution in [0.4, 0.5) is 11.4 Å². The van der Waals surface area contributed by atoms with Crippen molar-refractivity contribution < 1.29 is 4.79 Å². The molecule has 0 aliphatic carbocycles. The molecule has 2 aromatic heterocycles. The zero-order chi connectivity index (χ0) is 24.0. The number of carbonyl (C=O) groups is 1. The first-order chi connectivity index (χ1) is 17.2. The third kappa shape index (κ3) is 5.55. The lowest BCUT2D eigenvalue weighted by Crippen LogP contribution is -2.43. The molecule has 0 saturated carbocycles. The average Bonchev–Trinajstić information content (AvgIpc) is 3.41. The fourth-order valence-electron chi connectivity index (χ4n) is 4.40. The molecule has 1 aliphatic heterocycles. The number of amides is 1. The van der Waals surface area contributed by atoms with E-state index in [0.29, 0.717) is 11.7 Å². The minimum atomic E-state index is -0.263. The second kappa shape index (κ2) is 10.5. The third-order valence-electron chi connectivity index (χ3n) is 6.39. The Balaban J connectivity index is 1.11. The second-order valence-corrected chi connectivity index (χ2v) is 8.80. The molecule has 2 N–H and O–H groups in total. The van der Waals surface area contributed by atoms with Gasteiger partial charge in [0.05, 0.1) is 18.1 Å². The normalized spacial score (nSPS) is 15.1. The summed E-state index contributed by atoms with van der Waals surface area (Å²) in [5.41, 5.74) is 4.46. The van der Waals surface area contributed by atoms with E-state index in [1.54, 1.807) is 6.20 Å². The van der Waals surface area contributed by atoms with Crippen LogP contribution in [-0.4, -0.2) is 44.8 Å². The first-order valence-corrected chi connectivity index (χ1v) is 11.9. The summed E-state index contributed by atoms with van der Waals surface area (Å²) >= 11 is 0. The first kappa shape index (κ1) is 22.7. The number of hydrogen-bond acceptors (Lipinski definition) is 6. The largest absolute Gasteiger partial charge is 0.371 e. The maximum absolute atomic E-state index is 12.3. The topological polar surface area (TPSA) is 88.0 Å². The summed E-state index contributed by atoms with van der Waals surface area (Å²) < 4.78 is 1.93. The van der Waals surface area contributed by atoms with Crippen LogP contribution in [0.5, 0.6) is 0 Å². The Morgan fingerprint density at radius 2 is 1.74 bits per heavy atom. The SMILES string of the molecule is C[C@@H](NC1CCN(c2ccc(NC(=O)c3cnccn3)cc2)CC1)c1cnn(-c2ccccc2)c1. The van der Waals surface area contributed by atoms with Gasteiger partial charge in [0, 0.05) is 60.7 Å². The van der Waals surface area contributed by atoms with Crippen LogP contribution in [0.3, 0.4) is 0 Å². The van der Waals surface area contributed by atoms with E-state index in [1.807, 2.05) is 41.2 Å². The lowest BCUT2D eigenvalue weighted by molar-refractivity contribution is 0.102. The van der Waals surface area contributed by atoms with Crippen LogP contribution in [0.1, 0.15) is 41.9 Å². The number of rotatable bonds is 7. The van der Waals surface area contributed by atoms with E-state index >= 15 is 0 Å². The summed E-state index contributed by atoms with van der Waals surface area (Å²) in [5.74, 6) is -0.263. The Bertz CT molecular complexity index is 1230. The van der Waals surface area contributed by atoms with E-state index < -0.39 is 0 Å². The van der Waals surface area contributed by atoms with Crippen LogP contribution in [0, 0.1) is 0 Å². The van der Waals surface area contributed by atoms with Crippen LogP contribution in [0.15, 0.2) is 85.6 Å². The molecule has 3 heterocycles. The van der Waals surface area contributed by atoms with Gasteiger partial charge >= 0.3 is 0 Å². The molecule has 8 heteroatoms.